The van der Waals surface area contributed by atoms with Crippen molar-refractivity contribution >= 4 is 0 Å². The second-order valence-corrected chi connectivity index (χ2v) is 4.57. The molecule has 0 aliphatic heterocycles. The molecule has 0 amide bonds. The standard InChI is InChI=1S/C14H23NO/c1-4-12(3)14(16)10-15-9-13-7-5-11(2)6-8-13/h5-8,12,14-16H,4,9-10H2,1-3H3. The van der Waals surface area contributed by atoms with Crippen LogP contribution in [0.2, 0.25) is 0 Å². The predicted molar refractivity (Wildman–Crippen MR) is 68.3 cm³/mol. The van der Waals surface area contributed by atoms with E-state index in [0.29, 0.717) is 12.5 Å². The monoisotopic (exact) mass is 221 g/mol. The van der Waals surface area contributed by atoms with Gasteiger partial charge in [0.25, 0.3) is 0 Å². The Bertz CT molecular complexity index is 294. The molecule has 2 unspecified atom stereocenters. The van der Waals surface area contributed by atoms with E-state index in [9.17, 15) is 5.11 Å². The molecule has 2 N–H and O–H groups in total. The number of aliphatic hydroxyl groups excluding tert-OH is 1. The van der Waals surface area contributed by atoms with E-state index >= 15 is 0 Å². The fourth-order valence-corrected chi connectivity index (χ4v) is 1.54. The van der Waals surface area contributed by atoms with Crippen molar-refractivity contribution in [2.24, 2.45) is 5.92 Å². The molecule has 0 radical (unpaired) electrons. The molecule has 0 aliphatic rings. The van der Waals surface area contributed by atoms with Gasteiger partial charge < -0.3 is 10.4 Å². The van der Waals surface area contributed by atoms with Gasteiger partial charge in [-0.15, -0.1) is 0 Å². The molecule has 1 aromatic carbocycles. The Morgan fingerprint density at radius 2 is 1.88 bits per heavy atom. The highest BCUT2D eigenvalue weighted by Gasteiger charge is 2.10. The number of nitrogens with one attached hydrogen (secondary N) is 1. The molecule has 2 atom stereocenters. The lowest BCUT2D eigenvalue weighted by Gasteiger charge is -2.17. The van der Waals surface area contributed by atoms with Crippen LogP contribution >= 0.6 is 0 Å². The Hall–Kier alpha value is -0.860. The van der Waals surface area contributed by atoms with Crippen molar-refractivity contribution in [3.05, 3.63) is 35.4 Å². The second-order valence-electron chi connectivity index (χ2n) is 4.57. The van der Waals surface area contributed by atoms with Crippen LogP contribution < -0.4 is 5.32 Å². The first-order chi connectivity index (χ1) is 7.63. The molecule has 0 fully saturated rings. The number of aryl methyl sites for hydroxylation is 1. The van der Waals surface area contributed by atoms with Crippen molar-refractivity contribution in [1.82, 2.24) is 5.32 Å². The van der Waals surface area contributed by atoms with Gasteiger partial charge in [-0.3, -0.25) is 0 Å². The molecular formula is C14H23NO. The molecule has 0 heterocycles. The quantitative estimate of drug-likeness (QED) is 0.773. The molecular weight excluding hydrogens is 198 g/mol. The molecule has 0 bridgehead atoms. The summed E-state index contributed by atoms with van der Waals surface area (Å²) in [5.74, 6) is 0.366. The first-order valence-electron chi connectivity index (χ1n) is 6.07. The number of hydrogen-bond donors (Lipinski definition) is 2. The average molecular weight is 221 g/mol. The molecule has 2 heteroatoms. The summed E-state index contributed by atoms with van der Waals surface area (Å²) in [6, 6.07) is 8.47. The third-order valence-electron chi connectivity index (χ3n) is 3.10. The van der Waals surface area contributed by atoms with E-state index in [0.717, 1.165) is 13.0 Å². The van der Waals surface area contributed by atoms with Crippen LogP contribution in [-0.4, -0.2) is 17.8 Å². The smallest absolute Gasteiger partial charge is 0.0690 e. The summed E-state index contributed by atoms with van der Waals surface area (Å²) < 4.78 is 0. The van der Waals surface area contributed by atoms with E-state index in [1.165, 1.54) is 11.1 Å². The fraction of sp³-hybridized carbons (Fsp3) is 0.571. The first kappa shape index (κ1) is 13.2. The van der Waals surface area contributed by atoms with Gasteiger partial charge in [-0.25, -0.2) is 0 Å². The normalized spacial score (nSPS) is 14.8. The predicted octanol–water partition coefficient (Wildman–Crippen LogP) is 2.49. The minimum atomic E-state index is -0.240. The molecule has 2 nitrogen and oxygen atoms in total. The SMILES string of the molecule is CCC(C)C(O)CNCc1ccc(C)cc1. The van der Waals surface area contributed by atoms with Crippen molar-refractivity contribution in [2.45, 2.75) is 39.8 Å². The number of hydrogen-bond acceptors (Lipinski definition) is 2. The summed E-state index contributed by atoms with van der Waals surface area (Å²) in [5, 5.41) is 13.1. The Kier molecular flexibility index (Phi) is 5.50. The Balaban J connectivity index is 2.27. The fourth-order valence-electron chi connectivity index (χ4n) is 1.54. The highest BCUT2D eigenvalue weighted by atomic mass is 16.3. The van der Waals surface area contributed by atoms with Crippen LogP contribution in [0.3, 0.4) is 0 Å². The highest BCUT2D eigenvalue weighted by Crippen LogP contribution is 2.07. The summed E-state index contributed by atoms with van der Waals surface area (Å²) in [7, 11) is 0. The van der Waals surface area contributed by atoms with E-state index in [1.807, 2.05) is 0 Å². The van der Waals surface area contributed by atoms with Crippen LogP contribution in [0.1, 0.15) is 31.4 Å². The summed E-state index contributed by atoms with van der Waals surface area (Å²) >= 11 is 0. The van der Waals surface area contributed by atoms with E-state index in [2.05, 4.69) is 50.4 Å². The van der Waals surface area contributed by atoms with Gasteiger partial charge in [-0.1, -0.05) is 50.1 Å². The highest BCUT2D eigenvalue weighted by molar-refractivity contribution is 5.21. The number of rotatable bonds is 6. The zero-order valence-electron chi connectivity index (χ0n) is 10.5. The van der Waals surface area contributed by atoms with Crippen LogP contribution in [-0.2, 0) is 6.54 Å². The topological polar surface area (TPSA) is 32.3 Å². The van der Waals surface area contributed by atoms with E-state index < -0.39 is 0 Å². The van der Waals surface area contributed by atoms with Crippen molar-refractivity contribution in [1.29, 1.82) is 0 Å². The van der Waals surface area contributed by atoms with Crippen LogP contribution in [0.15, 0.2) is 24.3 Å². The van der Waals surface area contributed by atoms with Gasteiger partial charge in [0.05, 0.1) is 6.10 Å². The summed E-state index contributed by atoms with van der Waals surface area (Å²) in [5.41, 5.74) is 2.55. The van der Waals surface area contributed by atoms with Gasteiger partial charge in [0.2, 0.25) is 0 Å². The molecule has 0 saturated carbocycles. The zero-order valence-corrected chi connectivity index (χ0v) is 10.5. The lowest BCUT2D eigenvalue weighted by molar-refractivity contribution is 0.113. The van der Waals surface area contributed by atoms with Crippen LogP contribution in [0.25, 0.3) is 0 Å². The van der Waals surface area contributed by atoms with Crippen LogP contribution in [0.4, 0.5) is 0 Å². The van der Waals surface area contributed by atoms with Gasteiger partial charge in [0, 0.05) is 13.1 Å². The molecule has 1 aromatic rings. The van der Waals surface area contributed by atoms with Gasteiger partial charge >= 0.3 is 0 Å². The largest absolute Gasteiger partial charge is 0.392 e. The minimum absolute atomic E-state index is 0.240. The maximum absolute atomic E-state index is 9.78. The molecule has 16 heavy (non-hydrogen) atoms. The Labute approximate surface area is 98.7 Å². The average Bonchev–Trinajstić information content (AvgIpc) is 2.30. The lowest BCUT2D eigenvalue weighted by Crippen LogP contribution is -2.31. The number of aliphatic hydroxyl groups is 1. The molecule has 90 valence electrons. The lowest BCUT2D eigenvalue weighted by atomic mass is 10.0. The summed E-state index contributed by atoms with van der Waals surface area (Å²) in [6.07, 6.45) is 0.781. The maximum atomic E-state index is 9.78. The van der Waals surface area contributed by atoms with Crippen molar-refractivity contribution < 1.29 is 5.11 Å². The molecule has 0 aliphatic carbocycles. The van der Waals surface area contributed by atoms with Crippen molar-refractivity contribution in [3.8, 4) is 0 Å². The third-order valence-corrected chi connectivity index (χ3v) is 3.10. The van der Waals surface area contributed by atoms with E-state index in [1.54, 1.807) is 0 Å². The van der Waals surface area contributed by atoms with Gasteiger partial charge in [-0.05, 0) is 18.4 Å². The molecule has 0 spiro atoms. The first-order valence-corrected chi connectivity index (χ1v) is 6.07. The van der Waals surface area contributed by atoms with E-state index in [4.69, 9.17) is 0 Å². The summed E-state index contributed by atoms with van der Waals surface area (Å²) in [6.45, 7) is 7.77. The van der Waals surface area contributed by atoms with Crippen LogP contribution in [0.5, 0.6) is 0 Å². The molecule has 1 rings (SSSR count). The minimum Gasteiger partial charge on any atom is -0.392 e. The Morgan fingerprint density at radius 1 is 1.25 bits per heavy atom. The third kappa shape index (κ3) is 4.33. The second kappa shape index (κ2) is 6.66. The van der Waals surface area contributed by atoms with Crippen molar-refractivity contribution in [3.63, 3.8) is 0 Å². The molecule has 0 aromatic heterocycles. The Morgan fingerprint density at radius 3 is 2.44 bits per heavy atom. The molecule has 0 saturated heterocycles. The van der Waals surface area contributed by atoms with E-state index in [-0.39, 0.29) is 6.10 Å². The summed E-state index contributed by atoms with van der Waals surface area (Å²) in [4.78, 5) is 0. The van der Waals surface area contributed by atoms with Crippen LogP contribution in [0, 0.1) is 12.8 Å². The zero-order chi connectivity index (χ0) is 12.0. The van der Waals surface area contributed by atoms with Gasteiger partial charge in [-0.2, -0.15) is 0 Å². The van der Waals surface area contributed by atoms with Gasteiger partial charge in [0.15, 0.2) is 0 Å². The number of benzene rings is 1. The van der Waals surface area contributed by atoms with Gasteiger partial charge in [0.1, 0.15) is 0 Å². The maximum Gasteiger partial charge on any atom is 0.0690 e. The van der Waals surface area contributed by atoms with Crippen molar-refractivity contribution in [2.75, 3.05) is 6.54 Å².